The lowest BCUT2D eigenvalue weighted by molar-refractivity contribution is -0.138. The number of amides is 3. The molecular weight excluding hydrogens is 529 g/mol. The van der Waals surface area contributed by atoms with Gasteiger partial charge in [-0.1, -0.05) is 54.2 Å². The molecular formula is C28H33Cl2N3O5. The zero-order valence-electron chi connectivity index (χ0n) is 21.4. The van der Waals surface area contributed by atoms with Crippen LogP contribution in [0.25, 0.3) is 0 Å². The van der Waals surface area contributed by atoms with Gasteiger partial charge in [-0.15, -0.1) is 0 Å². The van der Waals surface area contributed by atoms with Crippen LogP contribution in [-0.2, 0) is 16.1 Å². The molecule has 1 N–H and O–H groups in total. The largest absolute Gasteiger partial charge is 0.490 e. The zero-order valence-corrected chi connectivity index (χ0v) is 23.0. The van der Waals surface area contributed by atoms with Crippen LogP contribution < -0.4 is 4.74 Å². The number of hydrogen-bond acceptors (Lipinski definition) is 5. The van der Waals surface area contributed by atoms with Crippen molar-refractivity contribution in [3.05, 3.63) is 63.6 Å². The molecule has 2 aromatic rings. The molecule has 2 fully saturated rings. The Hall–Kier alpha value is -2.81. The summed E-state index contributed by atoms with van der Waals surface area (Å²) in [6.45, 7) is 1.68. The number of imide groups is 1. The molecule has 1 saturated heterocycles. The number of likely N-dealkylation sites (N-methyl/N-ethyl adjacent to an activating group) is 1. The highest BCUT2D eigenvalue weighted by molar-refractivity contribution is 6.32. The highest BCUT2D eigenvalue weighted by atomic mass is 35.5. The Morgan fingerprint density at radius 3 is 2.45 bits per heavy atom. The number of carboxylic acids is 1. The predicted molar refractivity (Wildman–Crippen MR) is 145 cm³/mol. The van der Waals surface area contributed by atoms with E-state index in [1.54, 1.807) is 25.2 Å². The predicted octanol–water partition coefficient (Wildman–Crippen LogP) is 5.47. The Balaban J connectivity index is 1.47. The number of halogens is 2. The van der Waals surface area contributed by atoms with E-state index in [2.05, 4.69) is 4.90 Å². The summed E-state index contributed by atoms with van der Waals surface area (Å²) < 4.78 is 5.78. The van der Waals surface area contributed by atoms with Crippen molar-refractivity contribution in [2.24, 2.45) is 5.92 Å². The van der Waals surface area contributed by atoms with Crippen LogP contribution in [0.1, 0.15) is 49.3 Å². The first-order valence-electron chi connectivity index (χ1n) is 12.9. The molecule has 10 heteroatoms. The Morgan fingerprint density at radius 1 is 1.13 bits per heavy atom. The second-order valence-corrected chi connectivity index (χ2v) is 10.9. The summed E-state index contributed by atoms with van der Waals surface area (Å²) in [6.07, 6.45) is 4.66. The number of carbonyl (C=O) groups is 3. The number of urea groups is 1. The third-order valence-corrected chi connectivity index (χ3v) is 7.76. The number of carboxylic acid groups (broad SMARTS) is 1. The summed E-state index contributed by atoms with van der Waals surface area (Å²) in [5.41, 5.74) is 1.86. The number of benzene rings is 2. The van der Waals surface area contributed by atoms with E-state index in [4.69, 9.17) is 27.9 Å². The maximum atomic E-state index is 12.0. The second-order valence-electron chi connectivity index (χ2n) is 10.0. The van der Waals surface area contributed by atoms with Crippen LogP contribution in [0.3, 0.4) is 0 Å². The molecule has 0 aromatic heterocycles. The van der Waals surface area contributed by atoms with E-state index < -0.39 is 5.97 Å². The maximum Gasteiger partial charge on any atom is 0.327 e. The minimum atomic E-state index is -0.857. The highest BCUT2D eigenvalue weighted by Gasteiger charge is 2.33. The second kappa shape index (κ2) is 12.8. The molecule has 4 rings (SSSR count). The summed E-state index contributed by atoms with van der Waals surface area (Å²) in [5.74, 6) is -0.123. The van der Waals surface area contributed by atoms with Crippen LogP contribution in [-0.4, -0.2) is 71.0 Å². The smallest absolute Gasteiger partial charge is 0.327 e. The van der Waals surface area contributed by atoms with Gasteiger partial charge in [-0.05, 0) is 54.2 Å². The summed E-state index contributed by atoms with van der Waals surface area (Å²) in [5, 5.41) is 10.8. The molecule has 8 nitrogen and oxygen atoms in total. The summed E-state index contributed by atoms with van der Waals surface area (Å²) in [7, 11) is 1.58. The van der Waals surface area contributed by atoms with E-state index in [0.29, 0.717) is 28.3 Å². The molecule has 0 radical (unpaired) electrons. The Morgan fingerprint density at radius 2 is 1.84 bits per heavy atom. The van der Waals surface area contributed by atoms with E-state index in [1.165, 1.54) is 22.6 Å². The van der Waals surface area contributed by atoms with Crippen LogP contribution >= 0.6 is 23.2 Å². The fourth-order valence-electron chi connectivity index (χ4n) is 5.26. The molecule has 1 aliphatic carbocycles. The van der Waals surface area contributed by atoms with Crippen molar-refractivity contribution in [3.8, 4) is 5.75 Å². The molecule has 0 spiro atoms. The third-order valence-electron chi connectivity index (χ3n) is 7.22. The van der Waals surface area contributed by atoms with Crippen LogP contribution in [0, 0.1) is 5.92 Å². The van der Waals surface area contributed by atoms with Gasteiger partial charge in [-0.2, -0.15) is 0 Å². The molecule has 1 saturated carbocycles. The van der Waals surface area contributed by atoms with Gasteiger partial charge in [-0.3, -0.25) is 19.4 Å². The Kier molecular flexibility index (Phi) is 9.52. The van der Waals surface area contributed by atoms with Crippen molar-refractivity contribution < 1.29 is 24.2 Å². The van der Waals surface area contributed by atoms with Crippen molar-refractivity contribution in [1.29, 1.82) is 0 Å². The van der Waals surface area contributed by atoms with Gasteiger partial charge >= 0.3 is 12.0 Å². The minimum Gasteiger partial charge on any atom is -0.490 e. The average Bonchev–Trinajstić information content (AvgIpc) is 3.47. The molecule has 1 atom stereocenters. The topological polar surface area (TPSA) is 90.4 Å². The molecule has 0 unspecified atom stereocenters. The van der Waals surface area contributed by atoms with E-state index in [-0.39, 0.29) is 44.1 Å². The number of hydrogen-bond donors (Lipinski definition) is 1. The van der Waals surface area contributed by atoms with E-state index in [9.17, 15) is 19.5 Å². The van der Waals surface area contributed by atoms with E-state index in [0.717, 1.165) is 30.5 Å². The summed E-state index contributed by atoms with van der Waals surface area (Å²) >= 11 is 12.6. The molecule has 2 aliphatic rings. The first kappa shape index (κ1) is 28.2. The molecule has 38 heavy (non-hydrogen) atoms. The van der Waals surface area contributed by atoms with Crippen LogP contribution in [0.5, 0.6) is 5.75 Å². The van der Waals surface area contributed by atoms with Gasteiger partial charge in [0.1, 0.15) is 18.9 Å². The quantitative estimate of drug-likeness (QED) is 0.345. The monoisotopic (exact) mass is 561 g/mol. The number of ether oxygens (including phenoxy) is 1. The number of carbonyl (C=O) groups excluding carboxylic acids is 2. The number of nitrogens with zero attached hydrogens (tertiary/aromatic N) is 3. The van der Waals surface area contributed by atoms with Gasteiger partial charge in [0.05, 0.1) is 18.0 Å². The molecule has 0 bridgehead atoms. The molecule has 3 amide bonds. The van der Waals surface area contributed by atoms with Crippen LogP contribution in [0.2, 0.25) is 10.0 Å². The standard InChI is InChI=1S/C28H33Cl2N3O5/c1-31-18-26(34)33(28(31)37)12-13-38-25-11-6-20(14-23(25)30)17-32(16-19-4-2-3-5-19)24(15-27(35)36)21-7-9-22(29)10-8-21/h6-11,14,19,24H,2-5,12-13,15-18H2,1H3,(H,35,36)/t24-/m1/s1. The minimum absolute atomic E-state index is 0.0214. The third kappa shape index (κ3) is 7.18. The first-order chi connectivity index (χ1) is 18.2. The normalized spacial score (nSPS) is 17.1. The zero-order chi connectivity index (χ0) is 27.2. The molecule has 1 aliphatic heterocycles. The van der Waals surface area contributed by atoms with Crippen molar-refractivity contribution in [2.45, 2.75) is 44.7 Å². The first-order valence-corrected chi connectivity index (χ1v) is 13.6. The van der Waals surface area contributed by atoms with Crippen molar-refractivity contribution in [2.75, 3.05) is 33.3 Å². The SMILES string of the molecule is CN1CC(=O)N(CCOc2ccc(CN(CC3CCCC3)[C@H](CC(=O)O)c3ccc(Cl)cc3)cc2Cl)C1=O. The average molecular weight is 562 g/mol. The summed E-state index contributed by atoms with van der Waals surface area (Å²) in [6, 6.07) is 12.3. The van der Waals surface area contributed by atoms with Gasteiger partial charge in [0, 0.05) is 31.2 Å². The van der Waals surface area contributed by atoms with Gasteiger partial charge in [-0.25, -0.2) is 4.79 Å². The van der Waals surface area contributed by atoms with Crippen molar-refractivity contribution in [3.63, 3.8) is 0 Å². The molecule has 2 aromatic carbocycles. The van der Waals surface area contributed by atoms with Crippen molar-refractivity contribution >= 4 is 41.1 Å². The fraction of sp³-hybridized carbons (Fsp3) is 0.464. The number of aliphatic carboxylic acids is 1. The van der Waals surface area contributed by atoms with Crippen molar-refractivity contribution in [1.82, 2.24) is 14.7 Å². The lowest BCUT2D eigenvalue weighted by Gasteiger charge is -2.33. The molecule has 1 heterocycles. The van der Waals surface area contributed by atoms with Crippen LogP contribution in [0.4, 0.5) is 4.79 Å². The summed E-state index contributed by atoms with van der Waals surface area (Å²) in [4.78, 5) is 40.6. The lowest BCUT2D eigenvalue weighted by Crippen LogP contribution is -2.35. The van der Waals surface area contributed by atoms with Gasteiger partial charge in [0.2, 0.25) is 5.91 Å². The Bertz CT molecular complexity index is 1150. The number of rotatable bonds is 12. The lowest BCUT2D eigenvalue weighted by atomic mass is 9.98. The molecule has 204 valence electrons. The maximum absolute atomic E-state index is 12.0. The van der Waals surface area contributed by atoms with Gasteiger partial charge in [0.25, 0.3) is 0 Å². The Labute approximate surface area is 233 Å². The van der Waals surface area contributed by atoms with Gasteiger partial charge < -0.3 is 14.7 Å². The fourth-order valence-corrected chi connectivity index (χ4v) is 5.65. The van der Waals surface area contributed by atoms with E-state index >= 15 is 0 Å². The highest BCUT2D eigenvalue weighted by Crippen LogP contribution is 2.34. The van der Waals surface area contributed by atoms with Crippen LogP contribution in [0.15, 0.2) is 42.5 Å². The van der Waals surface area contributed by atoms with E-state index in [1.807, 2.05) is 24.3 Å². The van der Waals surface area contributed by atoms with Gasteiger partial charge in [0.15, 0.2) is 0 Å².